The van der Waals surface area contributed by atoms with E-state index < -0.39 is 17.9 Å². The van der Waals surface area contributed by atoms with Crippen LogP contribution in [0.1, 0.15) is 22.9 Å². The average molecular weight is 536 g/mol. The molecule has 2 N–H and O–H groups in total. The van der Waals surface area contributed by atoms with E-state index in [1.165, 1.54) is 6.07 Å². The molecule has 0 amide bonds. The van der Waals surface area contributed by atoms with Crippen molar-refractivity contribution in [3.8, 4) is 23.5 Å². The molecular weight excluding hydrogens is 515 g/mol. The lowest BCUT2D eigenvalue weighted by Crippen LogP contribution is -2.31. The third kappa shape index (κ3) is 5.78. The van der Waals surface area contributed by atoms with E-state index in [4.69, 9.17) is 23.8 Å². The van der Waals surface area contributed by atoms with E-state index in [1.54, 1.807) is 61.1 Å². The van der Waals surface area contributed by atoms with Crippen molar-refractivity contribution in [2.75, 3.05) is 0 Å². The Labute approximate surface area is 221 Å². The zero-order valence-corrected chi connectivity index (χ0v) is 20.8. The molecule has 0 fully saturated rings. The highest BCUT2D eigenvalue weighted by atomic mass is 35.5. The van der Waals surface area contributed by atoms with Crippen LogP contribution < -0.4 is 11.3 Å². The zero-order chi connectivity index (χ0) is 27.4. The lowest BCUT2D eigenvalue weighted by Gasteiger charge is -2.18. The van der Waals surface area contributed by atoms with E-state index in [0.29, 0.717) is 33.0 Å². The van der Waals surface area contributed by atoms with Gasteiger partial charge in [0.25, 0.3) is 5.56 Å². The van der Waals surface area contributed by atoms with Crippen molar-refractivity contribution in [3.05, 3.63) is 118 Å². The van der Waals surface area contributed by atoms with Crippen molar-refractivity contribution < 1.29 is 13.2 Å². The van der Waals surface area contributed by atoms with Crippen molar-refractivity contribution in [3.63, 3.8) is 0 Å². The van der Waals surface area contributed by atoms with Gasteiger partial charge in [0.05, 0.1) is 29.8 Å². The lowest BCUT2D eigenvalue weighted by molar-refractivity contribution is -0.203. The number of aryl methyl sites for hydroxylation is 1. The van der Waals surface area contributed by atoms with Crippen LogP contribution in [0.4, 0.5) is 13.2 Å². The summed E-state index contributed by atoms with van der Waals surface area (Å²) < 4.78 is 42.6. The molecule has 0 aliphatic heterocycles. The van der Waals surface area contributed by atoms with Crippen LogP contribution in [-0.2, 0) is 13.3 Å². The van der Waals surface area contributed by atoms with E-state index in [9.17, 15) is 18.0 Å². The zero-order valence-electron chi connectivity index (χ0n) is 20.0. The number of nitrogens with two attached hydrogens (primary N) is 1. The molecule has 3 aromatic heterocycles. The Hall–Kier alpha value is -4.39. The standard InChI is InChI=1S/C24H15ClF3N3O.C4H6N2/c1-2-14-4-3-5-16(10-14)18-12-22(32)31(24(26,27)28)21-13-30-20(11-19(18)21)23(29)15-6-8-17(25)9-7-15;1-6-3-2-5-4-6/h1,3-13,23H,29H2;2-4H,1H3. The fraction of sp³-hybridized carbons (Fsp3) is 0.107. The van der Waals surface area contributed by atoms with Crippen LogP contribution in [0.25, 0.3) is 22.0 Å². The van der Waals surface area contributed by atoms with Gasteiger partial charge in [-0.05, 0) is 47.0 Å². The fourth-order valence-corrected chi connectivity index (χ4v) is 3.98. The number of nitrogens with zero attached hydrogens (tertiary/aromatic N) is 4. The molecule has 0 aliphatic carbocycles. The van der Waals surface area contributed by atoms with Crippen LogP contribution in [0.2, 0.25) is 5.02 Å². The van der Waals surface area contributed by atoms with Gasteiger partial charge in [0.1, 0.15) is 0 Å². The normalized spacial score (nSPS) is 11.9. The maximum absolute atomic E-state index is 13.7. The second-order valence-electron chi connectivity index (χ2n) is 8.31. The summed E-state index contributed by atoms with van der Waals surface area (Å²) in [5, 5.41) is 0.697. The number of halogens is 4. The molecule has 0 radical (unpaired) electrons. The molecule has 0 spiro atoms. The minimum atomic E-state index is -4.92. The molecule has 0 bridgehead atoms. The van der Waals surface area contributed by atoms with Gasteiger partial charge in [0.15, 0.2) is 0 Å². The summed E-state index contributed by atoms with van der Waals surface area (Å²) >= 11 is 5.92. The first kappa shape index (κ1) is 26.7. The molecule has 0 saturated heterocycles. The number of rotatable bonds is 3. The van der Waals surface area contributed by atoms with Gasteiger partial charge in [-0.15, -0.1) is 19.6 Å². The Bertz CT molecular complexity index is 1670. The Morgan fingerprint density at radius 1 is 1.11 bits per heavy atom. The predicted molar refractivity (Wildman–Crippen MR) is 141 cm³/mol. The van der Waals surface area contributed by atoms with E-state index in [2.05, 4.69) is 15.9 Å². The molecule has 10 heteroatoms. The number of hydrogen-bond donors (Lipinski definition) is 1. The molecular formula is C28H21ClF3N5O. The third-order valence-electron chi connectivity index (χ3n) is 5.70. The van der Waals surface area contributed by atoms with Gasteiger partial charge in [-0.25, -0.2) is 9.55 Å². The first-order valence-corrected chi connectivity index (χ1v) is 11.6. The quantitative estimate of drug-likeness (QED) is 0.303. The van der Waals surface area contributed by atoms with Gasteiger partial charge in [-0.2, -0.15) is 0 Å². The number of hydrogen-bond acceptors (Lipinski definition) is 4. The Morgan fingerprint density at radius 2 is 1.84 bits per heavy atom. The Morgan fingerprint density at radius 3 is 2.42 bits per heavy atom. The van der Waals surface area contributed by atoms with Gasteiger partial charge < -0.3 is 10.3 Å². The molecule has 6 nitrogen and oxygen atoms in total. The summed E-state index contributed by atoms with van der Waals surface area (Å²) in [6.45, 7) is 0. The number of fused-ring (bicyclic) bond motifs is 1. The first-order valence-electron chi connectivity index (χ1n) is 11.2. The van der Waals surface area contributed by atoms with Crippen LogP contribution in [0.3, 0.4) is 0 Å². The highest BCUT2D eigenvalue weighted by Crippen LogP contribution is 2.33. The molecule has 3 heterocycles. The molecule has 5 rings (SSSR count). The Balaban J connectivity index is 0.000000494. The van der Waals surface area contributed by atoms with E-state index in [-0.39, 0.29) is 15.5 Å². The predicted octanol–water partition coefficient (Wildman–Crippen LogP) is 5.64. The van der Waals surface area contributed by atoms with Crippen LogP contribution in [0.5, 0.6) is 0 Å². The molecule has 0 aliphatic rings. The summed E-state index contributed by atoms with van der Waals surface area (Å²) in [6, 6.07) is 15.1. The van der Waals surface area contributed by atoms with Crippen LogP contribution in [0, 0.1) is 12.3 Å². The summed E-state index contributed by atoms with van der Waals surface area (Å²) in [6.07, 6.45) is 6.94. The maximum Gasteiger partial charge on any atom is 0.491 e. The smallest absolute Gasteiger partial charge is 0.341 e. The monoisotopic (exact) mass is 535 g/mol. The highest BCUT2D eigenvalue weighted by molar-refractivity contribution is 6.30. The molecule has 5 aromatic rings. The largest absolute Gasteiger partial charge is 0.491 e. The van der Waals surface area contributed by atoms with Gasteiger partial charge >= 0.3 is 6.30 Å². The molecule has 38 heavy (non-hydrogen) atoms. The molecule has 1 atom stereocenters. The number of pyridine rings is 2. The van der Waals surface area contributed by atoms with E-state index in [0.717, 1.165) is 12.3 Å². The third-order valence-corrected chi connectivity index (χ3v) is 5.95. The number of benzene rings is 2. The number of imidazole rings is 1. The molecule has 2 aromatic carbocycles. The second-order valence-corrected chi connectivity index (χ2v) is 8.74. The minimum Gasteiger partial charge on any atom is -0.341 e. The van der Waals surface area contributed by atoms with Crippen LogP contribution in [0.15, 0.2) is 90.4 Å². The van der Waals surface area contributed by atoms with Gasteiger partial charge in [-0.1, -0.05) is 41.8 Å². The molecule has 1 unspecified atom stereocenters. The van der Waals surface area contributed by atoms with Crippen molar-refractivity contribution in [2.45, 2.75) is 12.3 Å². The lowest BCUT2D eigenvalue weighted by atomic mass is 9.97. The van der Waals surface area contributed by atoms with Crippen molar-refractivity contribution >= 4 is 22.5 Å². The topological polar surface area (TPSA) is 78.7 Å². The molecule has 0 saturated carbocycles. The van der Waals surface area contributed by atoms with Gasteiger partial charge in [0, 0.05) is 41.5 Å². The van der Waals surface area contributed by atoms with E-state index in [1.807, 2.05) is 17.8 Å². The van der Waals surface area contributed by atoms with Crippen molar-refractivity contribution in [2.24, 2.45) is 12.8 Å². The number of alkyl halides is 3. The van der Waals surface area contributed by atoms with E-state index >= 15 is 0 Å². The Kier molecular flexibility index (Phi) is 7.67. The first-order chi connectivity index (χ1) is 18.1. The summed E-state index contributed by atoms with van der Waals surface area (Å²) in [7, 11) is 1.94. The fourth-order valence-electron chi connectivity index (χ4n) is 3.86. The minimum absolute atomic E-state index is 0.172. The number of terminal acetylenes is 1. The summed E-state index contributed by atoms with van der Waals surface area (Å²) in [4.78, 5) is 20.4. The highest BCUT2D eigenvalue weighted by Gasteiger charge is 2.34. The van der Waals surface area contributed by atoms with Crippen LogP contribution >= 0.6 is 11.6 Å². The van der Waals surface area contributed by atoms with Crippen molar-refractivity contribution in [1.82, 2.24) is 19.1 Å². The number of aromatic nitrogens is 4. The second kappa shape index (κ2) is 10.9. The summed E-state index contributed by atoms with van der Waals surface area (Å²) in [5.41, 5.74) is 7.08. The SMILES string of the molecule is C#Cc1cccc(-c2cc(=O)n(C(F)(F)F)c3cnc(C(N)c4ccc(Cl)cc4)cc23)c1.Cn1ccnc1. The van der Waals surface area contributed by atoms with Crippen LogP contribution in [-0.4, -0.2) is 19.1 Å². The van der Waals surface area contributed by atoms with Crippen molar-refractivity contribution in [1.29, 1.82) is 0 Å². The summed E-state index contributed by atoms with van der Waals surface area (Å²) in [5.74, 6) is 2.48. The average Bonchev–Trinajstić information content (AvgIpc) is 3.38. The maximum atomic E-state index is 13.7. The molecule has 192 valence electrons. The van der Waals surface area contributed by atoms with Gasteiger partial charge in [0.2, 0.25) is 0 Å². The van der Waals surface area contributed by atoms with Gasteiger partial charge in [-0.3, -0.25) is 9.78 Å².